The van der Waals surface area contributed by atoms with Crippen molar-refractivity contribution >= 4 is 22.8 Å². The normalized spacial score (nSPS) is 24.1. The van der Waals surface area contributed by atoms with Crippen molar-refractivity contribution in [3.05, 3.63) is 30.2 Å². The molecule has 0 radical (unpaired) electrons. The second-order valence-electron chi connectivity index (χ2n) is 7.42. The number of piperidine rings is 1. The number of aromatic amines is 1. The zero-order valence-corrected chi connectivity index (χ0v) is 16.0. The Balaban J connectivity index is 1.60. The highest BCUT2D eigenvalue weighted by Crippen LogP contribution is 2.35. The van der Waals surface area contributed by atoms with E-state index in [1.165, 1.54) is 12.4 Å². The van der Waals surface area contributed by atoms with E-state index in [-0.39, 0.29) is 5.91 Å². The molecule has 8 heteroatoms. The van der Waals surface area contributed by atoms with Crippen LogP contribution in [0.15, 0.2) is 24.7 Å². The van der Waals surface area contributed by atoms with Crippen molar-refractivity contribution in [2.24, 2.45) is 0 Å². The van der Waals surface area contributed by atoms with E-state index < -0.39 is 12.2 Å². The lowest BCUT2D eigenvalue weighted by molar-refractivity contribution is -0.127. The number of rotatable bonds is 4. The summed E-state index contributed by atoms with van der Waals surface area (Å²) in [6.45, 7) is 4.03. The number of likely N-dealkylation sites (tertiary alicyclic amines) is 1. The van der Waals surface area contributed by atoms with Gasteiger partial charge in [-0.25, -0.2) is 14.4 Å². The van der Waals surface area contributed by atoms with Gasteiger partial charge in [-0.1, -0.05) is 6.08 Å². The molecule has 0 spiro atoms. The van der Waals surface area contributed by atoms with Crippen molar-refractivity contribution in [3.63, 3.8) is 0 Å². The van der Waals surface area contributed by atoms with Gasteiger partial charge in [0.15, 0.2) is 0 Å². The standard InChI is InChI=1S/C20H26FN5O2/c1-2-3-17(27)26-7-4-15(21)16(11-26)25-20-18-14(13-5-8-28-9-6-13)10-22-19(18)23-12-24-20/h2-3,10,12-13,15-16H,4-9,11H2,1H3,(H2,22,23,24,25)/b3-2+/t15-,16-/m0/s1. The highest BCUT2D eigenvalue weighted by Gasteiger charge is 2.32. The Hall–Kier alpha value is -2.48. The number of carbonyl (C=O) groups excluding carboxylic acids is 1. The van der Waals surface area contributed by atoms with E-state index in [4.69, 9.17) is 4.74 Å². The predicted octanol–water partition coefficient (Wildman–Crippen LogP) is 2.78. The maximum atomic E-state index is 14.7. The van der Waals surface area contributed by atoms with Crippen molar-refractivity contribution in [2.45, 2.75) is 44.3 Å². The van der Waals surface area contributed by atoms with Crippen molar-refractivity contribution in [3.8, 4) is 0 Å². The molecule has 2 aromatic heterocycles. The first-order valence-electron chi connectivity index (χ1n) is 9.89. The van der Waals surface area contributed by atoms with Crippen LogP contribution < -0.4 is 5.32 Å². The van der Waals surface area contributed by atoms with Gasteiger partial charge in [-0.2, -0.15) is 0 Å². The van der Waals surface area contributed by atoms with Crippen LogP contribution in [0.3, 0.4) is 0 Å². The molecule has 150 valence electrons. The zero-order valence-electron chi connectivity index (χ0n) is 16.0. The van der Waals surface area contributed by atoms with E-state index in [2.05, 4.69) is 20.3 Å². The smallest absolute Gasteiger partial charge is 0.246 e. The van der Waals surface area contributed by atoms with Crippen LogP contribution in [0.4, 0.5) is 10.2 Å². The van der Waals surface area contributed by atoms with E-state index in [1.54, 1.807) is 17.9 Å². The second-order valence-corrected chi connectivity index (χ2v) is 7.42. The molecule has 1 amide bonds. The molecule has 0 saturated carbocycles. The maximum Gasteiger partial charge on any atom is 0.246 e. The van der Waals surface area contributed by atoms with E-state index in [0.29, 0.717) is 31.2 Å². The molecular formula is C20H26FN5O2. The number of allylic oxidation sites excluding steroid dienone is 1. The molecule has 2 aromatic rings. The van der Waals surface area contributed by atoms with Crippen LogP contribution in [0, 0.1) is 0 Å². The Labute approximate surface area is 163 Å². The molecule has 0 aliphatic carbocycles. The Morgan fingerprint density at radius 1 is 1.36 bits per heavy atom. The summed E-state index contributed by atoms with van der Waals surface area (Å²) in [7, 11) is 0. The van der Waals surface area contributed by atoms with Crippen LogP contribution >= 0.6 is 0 Å². The van der Waals surface area contributed by atoms with Gasteiger partial charge in [-0.3, -0.25) is 4.79 Å². The lowest BCUT2D eigenvalue weighted by atomic mass is 9.92. The fourth-order valence-corrected chi connectivity index (χ4v) is 4.11. The monoisotopic (exact) mass is 387 g/mol. The molecule has 2 atom stereocenters. The van der Waals surface area contributed by atoms with E-state index in [9.17, 15) is 9.18 Å². The van der Waals surface area contributed by atoms with E-state index in [0.717, 1.165) is 42.7 Å². The third-order valence-corrected chi connectivity index (χ3v) is 5.63. The minimum absolute atomic E-state index is 0.0847. The van der Waals surface area contributed by atoms with Gasteiger partial charge < -0.3 is 19.9 Å². The number of carbonyl (C=O) groups is 1. The van der Waals surface area contributed by atoms with Crippen LogP contribution in [0.2, 0.25) is 0 Å². The third kappa shape index (κ3) is 3.73. The summed E-state index contributed by atoms with van der Waals surface area (Å²) in [5.41, 5.74) is 1.89. The van der Waals surface area contributed by atoms with Gasteiger partial charge in [0.25, 0.3) is 0 Å². The summed E-state index contributed by atoms with van der Waals surface area (Å²) < 4.78 is 20.1. The fraction of sp³-hybridized carbons (Fsp3) is 0.550. The Kier molecular flexibility index (Phi) is 5.57. The van der Waals surface area contributed by atoms with Gasteiger partial charge >= 0.3 is 0 Å². The number of nitrogens with zero attached hydrogens (tertiary/aromatic N) is 3. The molecule has 2 aliphatic rings. The lowest BCUT2D eigenvalue weighted by Crippen LogP contribution is -2.50. The number of nitrogens with one attached hydrogen (secondary N) is 2. The quantitative estimate of drug-likeness (QED) is 0.789. The first kappa shape index (κ1) is 18.9. The van der Waals surface area contributed by atoms with Crippen molar-refractivity contribution in [1.29, 1.82) is 0 Å². The van der Waals surface area contributed by atoms with Gasteiger partial charge in [0.05, 0.1) is 11.4 Å². The minimum atomic E-state index is -1.04. The fourth-order valence-electron chi connectivity index (χ4n) is 4.11. The first-order valence-corrected chi connectivity index (χ1v) is 9.89. The topological polar surface area (TPSA) is 83.1 Å². The summed E-state index contributed by atoms with van der Waals surface area (Å²) in [5, 5.41) is 4.19. The Bertz CT molecular complexity index is 861. The molecular weight excluding hydrogens is 361 g/mol. The largest absolute Gasteiger partial charge is 0.381 e. The van der Waals surface area contributed by atoms with Gasteiger partial charge in [0.2, 0.25) is 5.91 Å². The van der Waals surface area contributed by atoms with E-state index >= 15 is 0 Å². The zero-order chi connectivity index (χ0) is 19.5. The number of alkyl halides is 1. The number of anilines is 1. The number of fused-ring (bicyclic) bond motifs is 1. The molecule has 0 aromatic carbocycles. The maximum absolute atomic E-state index is 14.7. The van der Waals surface area contributed by atoms with Crippen molar-refractivity contribution < 1.29 is 13.9 Å². The molecule has 2 N–H and O–H groups in total. The number of hydrogen-bond donors (Lipinski definition) is 2. The van der Waals surface area contributed by atoms with Crippen LogP contribution in [0.1, 0.15) is 37.7 Å². The summed E-state index contributed by atoms with van der Waals surface area (Å²) >= 11 is 0. The number of H-pyrrole nitrogens is 1. The summed E-state index contributed by atoms with van der Waals surface area (Å²) in [6, 6.07) is -0.501. The number of halogens is 1. The Morgan fingerprint density at radius 2 is 2.18 bits per heavy atom. The molecule has 0 unspecified atom stereocenters. The number of aromatic nitrogens is 3. The molecule has 7 nitrogen and oxygen atoms in total. The molecule has 2 aliphatic heterocycles. The average Bonchev–Trinajstić information content (AvgIpc) is 3.16. The third-order valence-electron chi connectivity index (χ3n) is 5.63. The molecule has 4 heterocycles. The molecule has 4 rings (SSSR count). The van der Waals surface area contributed by atoms with Crippen LogP contribution in [0.25, 0.3) is 11.0 Å². The summed E-state index contributed by atoms with van der Waals surface area (Å²) in [5.74, 6) is 0.911. The molecule has 2 saturated heterocycles. The van der Waals surface area contributed by atoms with Crippen LogP contribution in [-0.4, -0.2) is 64.3 Å². The van der Waals surface area contributed by atoms with Gasteiger partial charge in [-0.15, -0.1) is 0 Å². The summed E-state index contributed by atoms with van der Waals surface area (Å²) in [4.78, 5) is 25.8. The van der Waals surface area contributed by atoms with Crippen molar-refractivity contribution in [2.75, 3.05) is 31.6 Å². The van der Waals surface area contributed by atoms with Crippen molar-refractivity contribution in [1.82, 2.24) is 19.9 Å². The first-order chi connectivity index (χ1) is 13.7. The average molecular weight is 387 g/mol. The summed E-state index contributed by atoms with van der Waals surface area (Å²) in [6.07, 6.45) is 7.86. The SMILES string of the molecule is C/C=C/C(=O)N1CC[C@H](F)[C@@H](Nc2ncnc3[nH]cc(C4CCOCC4)c23)C1. The number of amides is 1. The minimum Gasteiger partial charge on any atom is -0.381 e. The molecule has 0 bridgehead atoms. The van der Waals surface area contributed by atoms with Crippen LogP contribution in [-0.2, 0) is 9.53 Å². The van der Waals surface area contributed by atoms with E-state index in [1.807, 2.05) is 6.20 Å². The van der Waals surface area contributed by atoms with Gasteiger partial charge in [-0.05, 0) is 43.7 Å². The Morgan fingerprint density at radius 3 is 2.96 bits per heavy atom. The lowest BCUT2D eigenvalue weighted by Gasteiger charge is -2.35. The number of ether oxygens (including phenoxy) is 1. The highest BCUT2D eigenvalue weighted by molar-refractivity contribution is 5.91. The molecule has 2 fully saturated rings. The number of hydrogen-bond acceptors (Lipinski definition) is 5. The second kappa shape index (κ2) is 8.26. The highest BCUT2D eigenvalue weighted by atomic mass is 19.1. The van der Waals surface area contributed by atoms with Crippen LogP contribution in [0.5, 0.6) is 0 Å². The molecule has 28 heavy (non-hydrogen) atoms. The van der Waals surface area contributed by atoms with Gasteiger partial charge in [0.1, 0.15) is 24.0 Å². The predicted molar refractivity (Wildman–Crippen MR) is 105 cm³/mol. The van der Waals surface area contributed by atoms with Gasteiger partial charge in [0, 0.05) is 32.5 Å².